The smallest absolute Gasteiger partial charge is 0.354 e. The van der Waals surface area contributed by atoms with Gasteiger partial charge in [0.05, 0.1) is 74.7 Å². The summed E-state index contributed by atoms with van der Waals surface area (Å²) in [5.41, 5.74) is -18.2. The van der Waals surface area contributed by atoms with E-state index in [0.717, 1.165) is 30.4 Å². The van der Waals surface area contributed by atoms with E-state index in [4.69, 9.17) is 9.05 Å². The van der Waals surface area contributed by atoms with E-state index in [-0.39, 0.29) is 76.7 Å². The minimum absolute atomic E-state index is 0.00787. The molecule has 5 heterocycles. The highest BCUT2D eigenvalue weighted by molar-refractivity contribution is 7.62. The van der Waals surface area contributed by atoms with E-state index < -0.39 is 140 Å². The van der Waals surface area contributed by atoms with Gasteiger partial charge in [0.25, 0.3) is 0 Å². The lowest BCUT2D eigenvalue weighted by molar-refractivity contribution is -0.144. The topological polar surface area (TPSA) is 92.9 Å². The Kier molecular flexibility index (Phi) is 14.4. The van der Waals surface area contributed by atoms with E-state index in [9.17, 15) is 83.6 Å². The molecule has 418 valence electrons. The summed E-state index contributed by atoms with van der Waals surface area (Å²) < 4.78 is 286. The van der Waals surface area contributed by atoms with Crippen molar-refractivity contribution < 1.29 is 92.6 Å². The van der Waals surface area contributed by atoms with Crippen molar-refractivity contribution in [2.45, 2.75) is 50.9 Å². The molecule has 0 aliphatic carbocycles. The second kappa shape index (κ2) is 20.2. The summed E-state index contributed by atoms with van der Waals surface area (Å²) in [5.74, 6) is 0. The second-order valence-electron chi connectivity index (χ2n) is 17.8. The molecule has 0 radical (unpaired) electrons. The van der Waals surface area contributed by atoms with E-state index in [0.29, 0.717) is 24.3 Å². The predicted molar refractivity (Wildman–Crippen MR) is 261 cm³/mol. The minimum atomic E-state index is -5.49. The van der Waals surface area contributed by atoms with Crippen molar-refractivity contribution >= 4 is 59.3 Å². The maximum Gasteiger partial charge on any atom is 0.416 e. The number of rotatable bonds is 9. The molecule has 0 saturated carbocycles. The lowest BCUT2D eigenvalue weighted by atomic mass is 9.97. The second-order valence-corrected chi connectivity index (χ2v) is 19.8. The number of halogens is 18. The molecule has 0 spiro atoms. The Bertz CT molecular complexity index is 3700. The van der Waals surface area contributed by atoms with Crippen molar-refractivity contribution in [2.75, 3.05) is 13.2 Å². The number of nitrogens with one attached hydrogen (secondary N) is 2. The summed E-state index contributed by atoms with van der Waals surface area (Å²) in [5, 5.41) is 0.0277. The third-order valence-electron chi connectivity index (χ3n) is 12.5. The molecule has 7 aromatic rings. The van der Waals surface area contributed by atoms with Gasteiger partial charge in [-0.05, 0) is 151 Å². The van der Waals surface area contributed by atoms with E-state index in [1.807, 2.05) is 0 Å². The number of hydrogen-bond acceptors (Lipinski definition) is 5. The summed E-state index contributed by atoms with van der Waals surface area (Å²) in [6.07, 6.45) is -28.3. The molecular formula is C54H33F18N4O3P. The molecule has 8 bridgehead atoms. The molecule has 2 N–H and O–H groups in total. The van der Waals surface area contributed by atoms with Crippen molar-refractivity contribution in [1.29, 1.82) is 0 Å². The van der Waals surface area contributed by atoms with Crippen LogP contribution in [0.4, 0.5) is 79.0 Å². The fourth-order valence-corrected chi connectivity index (χ4v) is 10.6. The Labute approximate surface area is 438 Å². The molecule has 2 aliphatic heterocycles. The zero-order valence-electron chi connectivity index (χ0n) is 40.4. The Morgan fingerprint density at radius 1 is 0.362 bits per heavy atom. The summed E-state index contributed by atoms with van der Waals surface area (Å²) in [6.45, 7) is 2.94. The Morgan fingerprint density at radius 3 is 0.825 bits per heavy atom. The standard InChI is InChI=1S/C54H33F18N4O3P/c1-3-78-80(77,79-4-2)36-7-5-26(6-8-36)45-37-9-11-39(73-37)46(27-17-30(49(55,56)57)23-31(18-27)50(58,59)60)41-13-15-43(75-41)48(29-21-34(53(67,68)69)25-35(22-29)54(70,71)72)44-16-14-42(76-44)47(40-12-10-38(45)74-40)28-19-32(51(61,62)63)24-33(20-28)52(64,65)66/h5-25,73,76H,3-4H2,1-2H3. The molecule has 7 nitrogen and oxygen atoms in total. The van der Waals surface area contributed by atoms with Gasteiger partial charge in [0.1, 0.15) is 0 Å². The normalized spacial score (nSPS) is 13.7. The van der Waals surface area contributed by atoms with Crippen molar-refractivity contribution in [3.63, 3.8) is 0 Å². The van der Waals surface area contributed by atoms with Gasteiger partial charge in [0.15, 0.2) is 0 Å². The third kappa shape index (κ3) is 11.4. The first kappa shape index (κ1) is 57.1. The maximum atomic E-state index is 14.5. The largest absolute Gasteiger partial charge is 0.416 e. The van der Waals surface area contributed by atoms with Crippen LogP contribution in [-0.2, 0) is 50.7 Å². The quantitative estimate of drug-likeness (QED) is 0.111. The number of hydrogen-bond donors (Lipinski definition) is 2. The molecule has 80 heavy (non-hydrogen) atoms. The highest BCUT2D eigenvalue weighted by Crippen LogP contribution is 2.49. The fourth-order valence-electron chi connectivity index (χ4n) is 9.05. The Morgan fingerprint density at radius 2 is 0.600 bits per heavy atom. The van der Waals surface area contributed by atoms with Crippen LogP contribution >= 0.6 is 7.60 Å². The number of benzene rings is 4. The van der Waals surface area contributed by atoms with Gasteiger partial charge in [-0.25, -0.2) is 9.97 Å². The highest BCUT2D eigenvalue weighted by atomic mass is 31.2. The molecule has 0 saturated heterocycles. The van der Waals surface area contributed by atoms with Crippen molar-refractivity contribution in [3.8, 4) is 44.5 Å². The van der Waals surface area contributed by atoms with Crippen molar-refractivity contribution in [2.24, 2.45) is 0 Å². The zero-order chi connectivity index (χ0) is 58.3. The average molecular weight is 1160 g/mol. The monoisotopic (exact) mass is 1160 g/mol. The van der Waals surface area contributed by atoms with E-state index in [2.05, 4.69) is 19.9 Å². The molecule has 9 rings (SSSR count). The van der Waals surface area contributed by atoms with Gasteiger partial charge in [-0.3, -0.25) is 4.57 Å². The maximum absolute atomic E-state index is 14.5. The van der Waals surface area contributed by atoms with Crippen LogP contribution in [0.15, 0.2) is 103 Å². The van der Waals surface area contributed by atoms with E-state index in [1.165, 1.54) is 42.5 Å². The molecule has 3 aromatic heterocycles. The number of fused-ring (bicyclic) bond motifs is 8. The third-order valence-corrected chi connectivity index (χ3v) is 14.6. The predicted octanol–water partition coefficient (Wildman–Crippen LogP) is 18.3. The van der Waals surface area contributed by atoms with Crippen LogP contribution in [-0.4, -0.2) is 33.1 Å². The van der Waals surface area contributed by atoms with E-state index in [1.54, 1.807) is 13.8 Å². The van der Waals surface area contributed by atoms with Crippen molar-refractivity contribution in [3.05, 3.63) is 159 Å². The molecule has 0 fully saturated rings. The molecule has 26 heteroatoms. The van der Waals surface area contributed by atoms with E-state index >= 15 is 0 Å². The summed E-state index contributed by atoms with van der Waals surface area (Å²) in [7, 11) is -3.99. The molecule has 0 unspecified atom stereocenters. The van der Waals surface area contributed by atoms with Crippen molar-refractivity contribution in [1.82, 2.24) is 19.9 Å². The van der Waals surface area contributed by atoms with Crippen LogP contribution in [0.2, 0.25) is 0 Å². The first-order valence-corrected chi connectivity index (χ1v) is 24.8. The Balaban J connectivity index is 1.51. The highest BCUT2D eigenvalue weighted by Gasteiger charge is 2.41. The summed E-state index contributed by atoms with van der Waals surface area (Å²) >= 11 is 0. The number of aromatic amines is 2. The molecule has 4 aromatic carbocycles. The summed E-state index contributed by atoms with van der Waals surface area (Å²) in [6, 6.07) is 11.2. The van der Waals surface area contributed by atoms with Gasteiger partial charge >= 0.3 is 44.7 Å². The SMILES string of the molecule is CCOP(=O)(OCC)c1ccc(-c2c3nc(c(-c4cc(C(F)(F)F)cc(C(F)(F)F)c4)c4ccc([nH]4)c(-c4cc(C(F)(F)F)cc(C(F)(F)F)c4)c4nc(c(-c5cc(C(F)(F)F)cc(C(F)(F)F)c5)c5ccc2[nH]5)C=C4)C=C3)cc1. The Hall–Kier alpha value is -7.63. The first-order chi connectivity index (χ1) is 37.2. The summed E-state index contributed by atoms with van der Waals surface area (Å²) in [4.78, 5) is 14.7. The molecule has 0 amide bonds. The van der Waals surface area contributed by atoms with Gasteiger partial charge in [-0.2, -0.15) is 79.0 Å². The van der Waals surface area contributed by atoms with Crippen LogP contribution in [0.1, 0.15) is 70.0 Å². The van der Waals surface area contributed by atoms with Gasteiger partial charge in [-0.1, -0.05) is 12.1 Å². The van der Waals surface area contributed by atoms with Crippen LogP contribution in [0, 0.1) is 0 Å². The molecular weight excluding hydrogens is 1130 g/mol. The first-order valence-electron chi connectivity index (χ1n) is 23.2. The van der Waals surface area contributed by atoms with Gasteiger partial charge in [0, 0.05) is 44.3 Å². The molecule has 0 atom stereocenters. The minimum Gasteiger partial charge on any atom is -0.354 e. The number of nitrogens with zero attached hydrogens (tertiary/aromatic N) is 2. The van der Waals surface area contributed by atoms with Gasteiger partial charge in [0.2, 0.25) is 0 Å². The molecule has 2 aliphatic rings. The van der Waals surface area contributed by atoms with Crippen LogP contribution in [0.5, 0.6) is 0 Å². The van der Waals surface area contributed by atoms with Crippen LogP contribution in [0.3, 0.4) is 0 Å². The lowest BCUT2D eigenvalue weighted by Gasteiger charge is -2.17. The zero-order valence-corrected chi connectivity index (χ0v) is 41.3. The fraction of sp³-hybridized carbons (Fsp3) is 0.185. The van der Waals surface area contributed by atoms with Gasteiger partial charge in [-0.15, -0.1) is 0 Å². The lowest BCUT2D eigenvalue weighted by Crippen LogP contribution is -2.11. The number of aromatic nitrogens is 4. The average Bonchev–Trinajstić information content (AvgIpc) is 4.28. The van der Waals surface area contributed by atoms with Crippen LogP contribution < -0.4 is 5.30 Å². The number of H-pyrrole nitrogens is 2. The van der Waals surface area contributed by atoms with Gasteiger partial charge < -0.3 is 19.0 Å². The van der Waals surface area contributed by atoms with Crippen LogP contribution in [0.25, 0.3) is 90.9 Å². The number of alkyl halides is 18.